The fourth-order valence-electron chi connectivity index (χ4n) is 1.66. The molecule has 1 unspecified atom stereocenters. The van der Waals surface area contributed by atoms with Gasteiger partial charge in [0.25, 0.3) is 0 Å². The van der Waals surface area contributed by atoms with Crippen molar-refractivity contribution >= 4 is 15.9 Å². The van der Waals surface area contributed by atoms with Gasteiger partial charge in [0, 0.05) is 0 Å². The molecule has 0 N–H and O–H groups in total. The molecule has 0 amide bonds. The Hall–Kier alpha value is -0.850. The summed E-state index contributed by atoms with van der Waals surface area (Å²) in [4.78, 5) is -7.04. The predicted octanol–water partition coefficient (Wildman–Crippen LogP) is 6.98. The molecule has 0 fully saturated rings. The van der Waals surface area contributed by atoms with E-state index in [0.29, 0.717) is 0 Å². The second-order valence-electron chi connectivity index (χ2n) is 5.03. The lowest BCUT2D eigenvalue weighted by atomic mass is 9.82. The molecule has 0 radical (unpaired) electrons. The van der Waals surface area contributed by atoms with Gasteiger partial charge < -0.3 is 0 Å². The van der Waals surface area contributed by atoms with Gasteiger partial charge >= 0.3 is 52.5 Å². The Morgan fingerprint density at radius 1 is 0.310 bits per heavy atom. The fourth-order valence-corrected chi connectivity index (χ4v) is 2.14. The molecular formula is C9BrF19. The maximum atomic E-state index is 13.4. The minimum absolute atomic E-state index is 0.137. The van der Waals surface area contributed by atoms with Crippen LogP contribution in [-0.2, 0) is 0 Å². The number of halogens is 20. The van der Waals surface area contributed by atoms with Gasteiger partial charge in [0.15, 0.2) is 0 Å². The van der Waals surface area contributed by atoms with Gasteiger partial charge in [-0.2, -0.15) is 74.6 Å². The van der Waals surface area contributed by atoms with Crippen molar-refractivity contribution in [1.82, 2.24) is 0 Å². The van der Waals surface area contributed by atoms with Gasteiger partial charge in [-0.25, -0.2) is 8.78 Å². The first-order valence-electron chi connectivity index (χ1n) is 5.78. The molecule has 0 spiro atoms. The average Bonchev–Trinajstić information content (AvgIpc) is 2.39. The van der Waals surface area contributed by atoms with Crippen molar-refractivity contribution in [2.24, 2.45) is 0 Å². The summed E-state index contributed by atoms with van der Waals surface area (Å²) < 4.78 is 241. The normalized spacial score (nSPS) is 18.6. The highest BCUT2D eigenvalue weighted by Crippen LogP contribution is 2.67. The number of hydrogen-bond donors (Lipinski definition) is 0. The molecule has 0 aliphatic rings. The molecule has 0 aromatic carbocycles. The Bertz CT molecular complexity index is 519. The van der Waals surface area contributed by atoms with Crippen LogP contribution in [0.2, 0.25) is 0 Å². The molecule has 176 valence electrons. The number of rotatable bonds is 5. The maximum absolute atomic E-state index is 13.4. The summed E-state index contributed by atoms with van der Waals surface area (Å²) in [6.07, 6.45) is -24.6. The van der Waals surface area contributed by atoms with Crippen LogP contribution in [0.4, 0.5) is 83.4 Å². The molecule has 1 atom stereocenters. The molecule has 0 rings (SSSR count). The van der Waals surface area contributed by atoms with E-state index in [9.17, 15) is 83.4 Å². The molecule has 20 heteroatoms. The minimum Gasteiger partial charge on any atom is -0.219 e. The van der Waals surface area contributed by atoms with Crippen LogP contribution >= 0.6 is 15.9 Å². The van der Waals surface area contributed by atoms with E-state index in [4.69, 9.17) is 0 Å². The van der Waals surface area contributed by atoms with E-state index in [0.717, 1.165) is 0 Å². The van der Waals surface area contributed by atoms with Crippen LogP contribution in [0.15, 0.2) is 0 Å². The van der Waals surface area contributed by atoms with Crippen molar-refractivity contribution in [2.75, 3.05) is 0 Å². The monoisotopic (exact) mass is 548 g/mol. The molecule has 0 bridgehead atoms. The van der Waals surface area contributed by atoms with Crippen LogP contribution in [0.25, 0.3) is 0 Å². The quantitative estimate of drug-likeness (QED) is 0.257. The van der Waals surface area contributed by atoms with Crippen LogP contribution in [0.1, 0.15) is 0 Å². The Labute approximate surface area is 153 Å². The van der Waals surface area contributed by atoms with Crippen LogP contribution in [0.3, 0.4) is 0 Å². The highest BCUT2D eigenvalue weighted by atomic mass is 79.9. The van der Waals surface area contributed by atoms with Crippen molar-refractivity contribution < 1.29 is 83.4 Å². The zero-order valence-electron chi connectivity index (χ0n) is 12.1. The lowest BCUT2D eigenvalue weighted by Crippen LogP contribution is -2.79. The third-order valence-corrected chi connectivity index (χ3v) is 3.76. The SMILES string of the molecule is FC(F)(F)C(F)(C(F)(F)F)C(F)(F)C(F)(F)C(F)(F)C(F)(C(F)(F)F)C(F)(F)Br. The summed E-state index contributed by atoms with van der Waals surface area (Å²) in [7, 11) is 0. The van der Waals surface area contributed by atoms with E-state index in [-0.39, 0.29) is 15.9 Å². The highest BCUT2D eigenvalue weighted by molar-refractivity contribution is 9.10. The van der Waals surface area contributed by atoms with Crippen LogP contribution in [0, 0.1) is 0 Å². The average molecular weight is 549 g/mol. The van der Waals surface area contributed by atoms with Gasteiger partial charge in [0.05, 0.1) is 0 Å². The molecule has 0 heterocycles. The van der Waals surface area contributed by atoms with Gasteiger partial charge in [-0.05, 0) is 15.9 Å². The minimum atomic E-state index is -9.00. The lowest BCUT2D eigenvalue weighted by Gasteiger charge is -2.46. The first-order valence-corrected chi connectivity index (χ1v) is 6.57. The van der Waals surface area contributed by atoms with Gasteiger partial charge in [-0.1, -0.05) is 0 Å². The zero-order chi connectivity index (χ0) is 24.5. The summed E-state index contributed by atoms with van der Waals surface area (Å²) in [6.45, 7) is 0. The predicted molar refractivity (Wildman–Crippen MR) is 54.6 cm³/mol. The van der Waals surface area contributed by atoms with E-state index in [1.165, 1.54) is 0 Å². The molecule has 0 aromatic heterocycles. The van der Waals surface area contributed by atoms with E-state index in [1.54, 1.807) is 0 Å². The first-order chi connectivity index (χ1) is 12.0. The molecule has 29 heavy (non-hydrogen) atoms. The van der Waals surface area contributed by atoms with Gasteiger partial charge in [0.2, 0.25) is 0 Å². The van der Waals surface area contributed by atoms with Gasteiger partial charge in [0.1, 0.15) is 0 Å². The highest BCUT2D eigenvalue weighted by Gasteiger charge is 2.99. The second kappa shape index (κ2) is 6.57. The number of alkyl halides is 20. The zero-order valence-corrected chi connectivity index (χ0v) is 13.6. The molecule has 0 aliphatic carbocycles. The third kappa shape index (κ3) is 3.39. The topological polar surface area (TPSA) is 0 Å². The second-order valence-corrected chi connectivity index (χ2v) is 6.03. The third-order valence-electron chi connectivity index (χ3n) is 3.22. The molecule has 0 saturated heterocycles. The molecule has 0 aromatic rings. The van der Waals surface area contributed by atoms with E-state index in [1.807, 2.05) is 0 Å². The van der Waals surface area contributed by atoms with Crippen LogP contribution in [-0.4, -0.2) is 52.5 Å². The lowest BCUT2D eigenvalue weighted by molar-refractivity contribution is -0.467. The van der Waals surface area contributed by atoms with Crippen molar-refractivity contribution in [1.29, 1.82) is 0 Å². The molecule has 0 saturated carbocycles. The Balaban J connectivity index is 7.27. The molecule has 0 aliphatic heterocycles. The van der Waals surface area contributed by atoms with Crippen LogP contribution < -0.4 is 0 Å². The van der Waals surface area contributed by atoms with Crippen molar-refractivity contribution in [3.63, 3.8) is 0 Å². The van der Waals surface area contributed by atoms with E-state index >= 15 is 0 Å². The Morgan fingerprint density at radius 2 is 0.517 bits per heavy atom. The summed E-state index contributed by atoms with van der Waals surface area (Å²) in [5.74, 6) is -26.8. The van der Waals surface area contributed by atoms with Crippen LogP contribution in [0.5, 0.6) is 0 Å². The summed E-state index contributed by atoms with van der Waals surface area (Å²) in [5, 5.41) is 0. The largest absolute Gasteiger partial charge is 0.438 e. The standard InChI is InChI=1S/C9BrF19/c10-6(19,20)1(11,7(21,22)23)3(13,14)5(17,18)4(15,16)2(12,8(24,25)26)9(27,28)29. The maximum Gasteiger partial charge on any atom is 0.438 e. The Kier molecular flexibility index (Phi) is 6.38. The first kappa shape index (κ1) is 28.1. The molecular weight excluding hydrogens is 549 g/mol. The number of hydrogen-bond acceptors (Lipinski definition) is 0. The smallest absolute Gasteiger partial charge is 0.219 e. The summed E-state index contributed by atoms with van der Waals surface area (Å²) in [6, 6.07) is 0. The summed E-state index contributed by atoms with van der Waals surface area (Å²) in [5.41, 5.74) is -17.0. The Morgan fingerprint density at radius 3 is 0.690 bits per heavy atom. The molecule has 0 nitrogen and oxygen atoms in total. The van der Waals surface area contributed by atoms with Crippen molar-refractivity contribution in [3.8, 4) is 0 Å². The summed E-state index contributed by atoms with van der Waals surface area (Å²) >= 11 is 0.137. The van der Waals surface area contributed by atoms with Crippen molar-refractivity contribution in [3.05, 3.63) is 0 Å². The van der Waals surface area contributed by atoms with E-state index < -0.39 is 52.5 Å². The van der Waals surface area contributed by atoms with E-state index in [2.05, 4.69) is 0 Å². The van der Waals surface area contributed by atoms with Crippen molar-refractivity contribution in [2.45, 2.75) is 52.5 Å². The van der Waals surface area contributed by atoms with Gasteiger partial charge in [-0.15, -0.1) is 0 Å². The van der Waals surface area contributed by atoms with Gasteiger partial charge in [-0.3, -0.25) is 0 Å². The fraction of sp³-hybridized carbons (Fsp3) is 1.00.